The molecule has 0 spiro atoms. The number of oxazole rings is 2. The van der Waals surface area contributed by atoms with Crippen molar-refractivity contribution in [3.8, 4) is 0 Å². The van der Waals surface area contributed by atoms with Gasteiger partial charge in [0.05, 0.1) is 11.1 Å². The predicted octanol–water partition coefficient (Wildman–Crippen LogP) is 4.30. The first kappa shape index (κ1) is 25.0. The highest BCUT2D eigenvalue weighted by molar-refractivity contribution is 6.27. The van der Waals surface area contributed by atoms with E-state index in [1.165, 1.54) is 36.4 Å². The van der Waals surface area contributed by atoms with Gasteiger partial charge in [-0.2, -0.15) is 0 Å². The molecule has 206 valence electrons. The van der Waals surface area contributed by atoms with E-state index in [1.807, 2.05) is 0 Å². The van der Waals surface area contributed by atoms with Gasteiger partial charge < -0.3 is 28.5 Å². The molecule has 0 saturated heterocycles. The van der Waals surface area contributed by atoms with Crippen molar-refractivity contribution in [3.63, 3.8) is 0 Å². The predicted molar refractivity (Wildman–Crippen MR) is 144 cm³/mol. The summed E-state index contributed by atoms with van der Waals surface area (Å²) in [6.07, 6.45) is 0. The number of benzene rings is 3. The molecule has 0 saturated carbocycles. The van der Waals surface area contributed by atoms with Crippen LogP contribution in [0.15, 0.2) is 69.5 Å². The minimum absolute atomic E-state index is 0.0101. The molecular weight excluding hydrogens is 548 g/mol. The van der Waals surface area contributed by atoms with Crippen LogP contribution in [0.25, 0.3) is 44.5 Å². The van der Waals surface area contributed by atoms with Crippen LogP contribution in [0, 0.1) is 0 Å². The summed E-state index contributed by atoms with van der Waals surface area (Å²) in [4.78, 5) is 56.6. The number of cyclic esters (lactones) is 2. The first-order valence-electron chi connectivity index (χ1n) is 12.5. The lowest BCUT2D eigenvalue weighted by atomic mass is 9.97. The van der Waals surface area contributed by atoms with E-state index in [0.717, 1.165) is 0 Å². The number of carboxylic acids is 2. The highest BCUT2D eigenvalue weighted by atomic mass is 16.5. The summed E-state index contributed by atoms with van der Waals surface area (Å²) in [5.74, 6) is -3.45. The molecular formula is C30H16N2O10. The number of nitrogens with zero attached hydrogens (tertiary/aromatic N) is 2. The van der Waals surface area contributed by atoms with Crippen LogP contribution in [0.4, 0.5) is 0 Å². The summed E-state index contributed by atoms with van der Waals surface area (Å²) in [5.41, 5.74) is 3.87. The number of aromatic carboxylic acids is 2. The van der Waals surface area contributed by atoms with Crippen LogP contribution in [0.3, 0.4) is 0 Å². The number of carbonyl (C=O) groups excluding carboxylic acids is 2. The first-order chi connectivity index (χ1) is 20.3. The highest BCUT2D eigenvalue weighted by Crippen LogP contribution is 2.37. The number of aromatic nitrogens is 2. The summed E-state index contributed by atoms with van der Waals surface area (Å²) in [6.45, 7) is -0.0488. The van der Waals surface area contributed by atoms with E-state index < -0.39 is 23.9 Å². The maximum atomic E-state index is 12.7. The molecule has 0 amide bonds. The summed E-state index contributed by atoms with van der Waals surface area (Å²) >= 11 is 0. The van der Waals surface area contributed by atoms with E-state index in [-0.39, 0.29) is 58.3 Å². The Kier molecular flexibility index (Phi) is 5.51. The Labute approximate surface area is 234 Å². The van der Waals surface area contributed by atoms with Crippen LogP contribution >= 0.6 is 0 Å². The first-order valence-corrected chi connectivity index (χ1v) is 12.5. The van der Waals surface area contributed by atoms with Crippen molar-refractivity contribution in [3.05, 3.63) is 94.7 Å². The number of fused-ring (bicyclic) bond motifs is 2. The Balaban J connectivity index is 1.26. The quantitative estimate of drug-likeness (QED) is 0.280. The van der Waals surface area contributed by atoms with E-state index in [9.17, 15) is 29.4 Å². The summed E-state index contributed by atoms with van der Waals surface area (Å²) in [5, 5.41) is 18.5. The zero-order valence-corrected chi connectivity index (χ0v) is 21.2. The van der Waals surface area contributed by atoms with E-state index in [0.29, 0.717) is 33.4 Å². The lowest BCUT2D eigenvalue weighted by Crippen LogP contribution is -1.99. The molecule has 4 heterocycles. The van der Waals surface area contributed by atoms with Gasteiger partial charge in [0.15, 0.2) is 11.2 Å². The molecule has 2 aliphatic rings. The van der Waals surface area contributed by atoms with Gasteiger partial charge in [0.2, 0.25) is 11.8 Å². The molecule has 2 aliphatic heterocycles. The topological polar surface area (TPSA) is 179 Å². The van der Waals surface area contributed by atoms with Crippen molar-refractivity contribution in [1.29, 1.82) is 0 Å². The van der Waals surface area contributed by atoms with Crippen molar-refractivity contribution in [2.45, 2.75) is 0 Å². The fourth-order valence-electron chi connectivity index (χ4n) is 4.91. The average Bonchev–Trinajstić information content (AvgIpc) is 3.76. The third-order valence-corrected chi connectivity index (χ3v) is 6.99. The molecule has 0 bridgehead atoms. The molecule has 5 aromatic rings. The number of carboxylic acid groups (broad SMARTS) is 2. The van der Waals surface area contributed by atoms with E-state index in [4.69, 9.17) is 18.3 Å². The lowest BCUT2D eigenvalue weighted by molar-refractivity contribution is -0.134. The number of hydrogen-bond donors (Lipinski definition) is 2. The second-order valence-electron chi connectivity index (χ2n) is 9.45. The maximum absolute atomic E-state index is 12.7. The Morgan fingerprint density at radius 3 is 1.40 bits per heavy atom. The number of rotatable bonds is 6. The second kappa shape index (κ2) is 9.27. The normalized spacial score (nSPS) is 15.1. The highest BCUT2D eigenvalue weighted by Gasteiger charge is 2.33. The van der Waals surface area contributed by atoms with Gasteiger partial charge >= 0.3 is 23.9 Å². The lowest BCUT2D eigenvalue weighted by Gasteiger charge is -2.06. The molecule has 0 radical (unpaired) electrons. The van der Waals surface area contributed by atoms with Crippen molar-refractivity contribution in [2.24, 2.45) is 0 Å². The Bertz CT molecular complexity index is 1930. The molecule has 3 aromatic carbocycles. The number of esters is 2. The van der Waals surface area contributed by atoms with Crippen LogP contribution in [0.5, 0.6) is 0 Å². The number of hydrogen-bond acceptors (Lipinski definition) is 10. The molecule has 0 aliphatic carbocycles. The number of carbonyl (C=O) groups is 4. The van der Waals surface area contributed by atoms with Gasteiger partial charge in [-0.05, 0) is 47.5 Å². The third kappa shape index (κ3) is 4.01. The van der Waals surface area contributed by atoms with Crippen LogP contribution < -0.4 is 0 Å². The molecule has 0 fully saturated rings. The van der Waals surface area contributed by atoms with Gasteiger partial charge in [-0.3, -0.25) is 0 Å². The molecule has 7 rings (SSSR count). The van der Waals surface area contributed by atoms with E-state index in [2.05, 4.69) is 9.97 Å². The molecule has 12 heteroatoms. The SMILES string of the molecule is O=C1OCC(c2ccc(C3=C(c4nc5cc(C(=O)O)ccc5o4)C(=O)OC3)cc2)=C1c1nc2cc(C(=O)O)ccc2o1. The van der Waals surface area contributed by atoms with Gasteiger partial charge in [-0.15, -0.1) is 0 Å². The van der Waals surface area contributed by atoms with Gasteiger partial charge in [0, 0.05) is 11.1 Å². The van der Waals surface area contributed by atoms with Gasteiger partial charge in [0.25, 0.3) is 0 Å². The molecule has 12 nitrogen and oxygen atoms in total. The molecule has 2 aromatic heterocycles. The monoisotopic (exact) mass is 564 g/mol. The molecule has 0 atom stereocenters. The zero-order valence-electron chi connectivity index (χ0n) is 21.2. The minimum atomic E-state index is -1.11. The van der Waals surface area contributed by atoms with E-state index in [1.54, 1.807) is 24.3 Å². The minimum Gasteiger partial charge on any atom is -0.478 e. The van der Waals surface area contributed by atoms with Crippen molar-refractivity contribution < 1.29 is 47.7 Å². The fourth-order valence-corrected chi connectivity index (χ4v) is 4.91. The molecule has 2 N–H and O–H groups in total. The zero-order chi connectivity index (χ0) is 29.1. The smallest absolute Gasteiger partial charge is 0.344 e. The third-order valence-electron chi connectivity index (χ3n) is 6.99. The largest absolute Gasteiger partial charge is 0.478 e. The van der Waals surface area contributed by atoms with E-state index >= 15 is 0 Å². The summed E-state index contributed by atoms with van der Waals surface area (Å²) in [7, 11) is 0. The van der Waals surface area contributed by atoms with Gasteiger partial charge in [0.1, 0.15) is 35.4 Å². The summed E-state index contributed by atoms with van der Waals surface area (Å²) < 4.78 is 22.1. The van der Waals surface area contributed by atoms with Crippen LogP contribution in [-0.4, -0.2) is 57.3 Å². The molecule has 42 heavy (non-hydrogen) atoms. The van der Waals surface area contributed by atoms with Crippen molar-refractivity contribution in [2.75, 3.05) is 13.2 Å². The Morgan fingerprint density at radius 2 is 1.02 bits per heavy atom. The maximum Gasteiger partial charge on any atom is 0.344 e. The van der Waals surface area contributed by atoms with Gasteiger partial charge in [-0.1, -0.05) is 24.3 Å². The molecule has 0 unspecified atom stereocenters. The van der Waals surface area contributed by atoms with Crippen molar-refractivity contribution >= 4 is 68.4 Å². The number of ether oxygens (including phenoxy) is 2. The fraction of sp³-hybridized carbons (Fsp3) is 0.0667. The Hall–Kier alpha value is -6.04. The van der Waals surface area contributed by atoms with Crippen LogP contribution in [0.1, 0.15) is 43.6 Å². The van der Waals surface area contributed by atoms with Gasteiger partial charge in [-0.25, -0.2) is 29.1 Å². The average molecular weight is 564 g/mol. The van der Waals surface area contributed by atoms with Crippen molar-refractivity contribution in [1.82, 2.24) is 9.97 Å². The van der Waals surface area contributed by atoms with Crippen LogP contribution in [0.2, 0.25) is 0 Å². The summed E-state index contributed by atoms with van der Waals surface area (Å²) in [6, 6.07) is 15.4. The Morgan fingerprint density at radius 1 is 0.619 bits per heavy atom. The van der Waals surface area contributed by atoms with Crippen LogP contribution in [-0.2, 0) is 19.1 Å². The second-order valence-corrected chi connectivity index (χ2v) is 9.45. The standard InChI is InChI=1S/C30H16N2O10/c33-27(34)15-5-7-21-19(9-15)31-25(41-21)23-17(11-39-29(23)37)13-1-2-14(4-3-13)18-12-40-30(38)24(18)26-32-20-10-16(28(35)36)6-8-22(20)42-26/h1-10H,11-12H2,(H,33,34)(H,35,36).